The van der Waals surface area contributed by atoms with Crippen LogP contribution in [-0.2, 0) is 9.59 Å². The topological polar surface area (TPSA) is 58.6 Å². The summed E-state index contributed by atoms with van der Waals surface area (Å²) in [5.41, 5.74) is 1.84. The molecule has 25 heavy (non-hydrogen) atoms. The molecule has 0 heterocycles. The minimum atomic E-state index is -0.229. The van der Waals surface area contributed by atoms with Crippen molar-refractivity contribution < 1.29 is 14.3 Å². The van der Waals surface area contributed by atoms with Crippen molar-refractivity contribution in [3.63, 3.8) is 0 Å². The first-order valence-electron chi connectivity index (χ1n) is 7.93. The molecule has 0 saturated heterocycles. The molecule has 2 rings (SSSR count). The van der Waals surface area contributed by atoms with Crippen molar-refractivity contribution in [2.45, 2.75) is 13.3 Å². The van der Waals surface area contributed by atoms with Gasteiger partial charge in [-0.2, -0.15) is 0 Å². The van der Waals surface area contributed by atoms with Gasteiger partial charge in [-0.3, -0.25) is 9.59 Å². The Hall–Kier alpha value is -2.34. The molecule has 0 radical (unpaired) electrons. The van der Waals surface area contributed by atoms with Crippen LogP contribution < -0.4 is 10.1 Å². The first kappa shape index (κ1) is 19.0. The Morgan fingerprint density at radius 2 is 1.88 bits per heavy atom. The highest BCUT2D eigenvalue weighted by atomic mass is 79.9. The van der Waals surface area contributed by atoms with Gasteiger partial charge in [-0.15, -0.1) is 0 Å². The van der Waals surface area contributed by atoms with Crippen LogP contribution in [0.1, 0.15) is 12.0 Å². The smallest absolute Gasteiger partial charge is 0.243 e. The van der Waals surface area contributed by atoms with Crippen LogP contribution in [0.3, 0.4) is 0 Å². The summed E-state index contributed by atoms with van der Waals surface area (Å²) in [5, 5.41) is 2.77. The lowest BCUT2D eigenvalue weighted by Crippen LogP contribution is -2.35. The van der Waals surface area contributed by atoms with E-state index in [1.165, 1.54) is 4.90 Å². The zero-order valence-corrected chi connectivity index (χ0v) is 15.9. The van der Waals surface area contributed by atoms with E-state index >= 15 is 0 Å². The van der Waals surface area contributed by atoms with Crippen LogP contribution in [0.15, 0.2) is 53.0 Å². The van der Waals surface area contributed by atoms with E-state index in [0.717, 1.165) is 15.7 Å². The largest absolute Gasteiger partial charge is 0.493 e. The second-order valence-corrected chi connectivity index (χ2v) is 6.64. The zero-order valence-electron chi connectivity index (χ0n) is 14.3. The van der Waals surface area contributed by atoms with Gasteiger partial charge in [0.15, 0.2) is 0 Å². The van der Waals surface area contributed by atoms with Crippen LogP contribution in [0.2, 0.25) is 0 Å². The fraction of sp³-hybridized carbons (Fsp3) is 0.263. The standard InChI is InChI=1S/C19H21BrN2O3/c1-14-6-8-16(9-7-14)21-18(23)13-22(2)19(24)10-11-25-17-5-3-4-15(20)12-17/h3-9,12H,10-11,13H2,1-2H3,(H,21,23). The summed E-state index contributed by atoms with van der Waals surface area (Å²) < 4.78 is 6.46. The van der Waals surface area contributed by atoms with E-state index in [4.69, 9.17) is 4.74 Å². The molecule has 0 spiro atoms. The highest BCUT2D eigenvalue weighted by Gasteiger charge is 2.13. The molecule has 0 aliphatic heterocycles. The van der Waals surface area contributed by atoms with Crippen LogP contribution in [0.4, 0.5) is 5.69 Å². The van der Waals surface area contributed by atoms with Crippen LogP contribution >= 0.6 is 15.9 Å². The SMILES string of the molecule is Cc1ccc(NC(=O)CN(C)C(=O)CCOc2cccc(Br)c2)cc1. The summed E-state index contributed by atoms with van der Waals surface area (Å²) in [6.45, 7) is 2.25. The molecule has 2 aromatic carbocycles. The van der Waals surface area contributed by atoms with Crippen molar-refractivity contribution in [3.05, 3.63) is 58.6 Å². The molecular weight excluding hydrogens is 384 g/mol. The molecule has 2 amide bonds. The quantitative estimate of drug-likeness (QED) is 0.766. The predicted molar refractivity (Wildman–Crippen MR) is 102 cm³/mol. The van der Waals surface area contributed by atoms with Crippen molar-refractivity contribution in [2.75, 3.05) is 25.5 Å². The van der Waals surface area contributed by atoms with Gasteiger partial charge in [0, 0.05) is 17.2 Å². The molecule has 0 atom stereocenters. The second-order valence-electron chi connectivity index (χ2n) is 5.72. The summed E-state index contributed by atoms with van der Waals surface area (Å²) in [7, 11) is 1.61. The van der Waals surface area contributed by atoms with Crippen molar-refractivity contribution in [3.8, 4) is 5.75 Å². The lowest BCUT2D eigenvalue weighted by atomic mass is 10.2. The fourth-order valence-corrected chi connectivity index (χ4v) is 2.52. The van der Waals surface area contributed by atoms with Crippen molar-refractivity contribution in [1.29, 1.82) is 0 Å². The number of hydrogen-bond donors (Lipinski definition) is 1. The zero-order chi connectivity index (χ0) is 18.2. The molecule has 1 N–H and O–H groups in total. The maximum Gasteiger partial charge on any atom is 0.243 e. The third-order valence-corrected chi connectivity index (χ3v) is 4.02. The van der Waals surface area contributed by atoms with E-state index in [2.05, 4.69) is 21.2 Å². The predicted octanol–water partition coefficient (Wildman–Crippen LogP) is 3.62. The van der Waals surface area contributed by atoms with E-state index in [1.807, 2.05) is 55.5 Å². The first-order valence-corrected chi connectivity index (χ1v) is 8.72. The maximum absolute atomic E-state index is 12.1. The van der Waals surface area contributed by atoms with Crippen LogP contribution in [0.5, 0.6) is 5.75 Å². The molecule has 6 heteroatoms. The van der Waals surface area contributed by atoms with Gasteiger partial charge in [0.2, 0.25) is 11.8 Å². The van der Waals surface area contributed by atoms with E-state index < -0.39 is 0 Å². The number of carbonyl (C=O) groups is 2. The Balaban J connectivity index is 1.73. The lowest BCUT2D eigenvalue weighted by molar-refractivity contribution is -0.133. The van der Waals surface area contributed by atoms with Gasteiger partial charge in [0.25, 0.3) is 0 Å². The summed E-state index contributed by atoms with van der Waals surface area (Å²) in [6.07, 6.45) is 0.209. The average molecular weight is 405 g/mol. The van der Waals surface area contributed by atoms with E-state index in [-0.39, 0.29) is 31.4 Å². The lowest BCUT2D eigenvalue weighted by Gasteiger charge is -2.17. The van der Waals surface area contributed by atoms with Crippen molar-refractivity contribution >= 4 is 33.4 Å². The van der Waals surface area contributed by atoms with Crippen LogP contribution in [0.25, 0.3) is 0 Å². The number of halogens is 1. The number of ether oxygens (including phenoxy) is 1. The summed E-state index contributed by atoms with van der Waals surface area (Å²) >= 11 is 3.36. The monoisotopic (exact) mass is 404 g/mol. The summed E-state index contributed by atoms with van der Waals surface area (Å²) in [6, 6.07) is 14.9. The van der Waals surface area contributed by atoms with Gasteiger partial charge in [0.1, 0.15) is 5.75 Å². The molecule has 0 aliphatic carbocycles. The molecule has 5 nitrogen and oxygen atoms in total. The van der Waals surface area contributed by atoms with Crippen molar-refractivity contribution in [1.82, 2.24) is 4.90 Å². The molecule has 0 aliphatic rings. The van der Waals surface area contributed by atoms with Gasteiger partial charge >= 0.3 is 0 Å². The fourth-order valence-electron chi connectivity index (χ4n) is 2.14. The number of amides is 2. The van der Waals surface area contributed by atoms with Gasteiger partial charge in [0.05, 0.1) is 19.6 Å². The van der Waals surface area contributed by atoms with E-state index in [9.17, 15) is 9.59 Å². The van der Waals surface area contributed by atoms with Gasteiger partial charge in [-0.25, -0.2) is 0 Å². The third kappa shape index (κ3) is 6.58. The number of nitrogens with zero attached hydrogens (tertiary/aromatic N) is 1. The summed E-state index contributed by atoms with van der Waals surface area (Å²) in [4.78, 5) is 25.5. The molecule has 2 aromatic rings. The molecular formula is C19H21BrN2O3. The van der Waals surface area contributed by atoms with E-state index in [1.54, 1.807) is 7.05 Å². The molecule has 0 fully saturated rings. The minimum Gasteiger partial charge on any atom is -0.493 e. The Kier molecular flexibility index (Phi) is 7.01. The molecule has 0 unspecified atom stereocenters. The number of carbonyl (C=O) groups excluding carboxylic acids is 2. The van der Waals surface area contributed by atoms with Gasteiger partial charge < -0.3 is 15.0 Å². The molecule has 0 saturated carbocycles. The number of benzene rings is 2. The van der Waals surface area contributed by atoms with Gasteiger partial charge in [-0.1, -0.05) is 39.7 Å². The molecule has 0 aromatic heterocycles. The number of aryl methyl sites for hydroxylation is 1. The first-order chi connectivity index (χ1) is 11.9. The third-order valence-electron chi connectivity index (χ3n) is 3.52. The Labute approximate surface area is 156 Å². The average Bonchev–Trinajstić information content (AvgIpc) is 2.57. The van der Waals surface area contributed by atoms with E-state index in [0.29, 0.717) is 5.75 Å². The Morgan fingerprint density at radius 3 is 2.56 bits per heavy atom. The molecule has 132 valence electrons. The Morgan fingerprint density at radius 1 is 1.16 bits per heavy atom. The van der Waals surface area contributed by atoms with Crippen molar-refractivity contribution in [2.24, 2.45) is 0 Å². The summed E-state index contributed by atoms with van der Waals surface area (Å²) in [5.74, 6) is 0.323. The number of nitrogens with one attached hydrogen (secondary N) is 1. The highest BCUT2D eigenvalue weighted by molar-refractivity contribution is 9.10. The highest BCUT2D eigenvalue weighted by Crippen LogP contribution is 2.17. The minimum absolute atomic E-state index is 0.00357. The number of anilines is 1. The van der Waals surface area contributed by atoms with Crippen LogP contribution in [-0.4, -0.2) is 36.9 Å². The van der Waals surface area contributed by atoms with Gasteiger partial charge in [-0.05, 0) is 37.3 Å². The normalized spacial score (nSPS) is 10.2. The van der Waals surface area contributed by atoms with Crippen LogP contribution in [0, 0.1) is 6.92 Å². The Bertz CT molecular complexity index is 732. The second kappa shape index (κ2) is 9.22. The number of rotatable bonds is 7. The maximum atomic E-state index is 12.1. The number of likely N-dealkylation sites (N-methyl/N-ethyl adjacent to an activating group) is 1. The molecule has 0 bridgehead atoms. The number of hydrogen-bond acceptors (Lipinski definition) is 3.